The van der Waals surface area contributed by atoms with Gasteiger partial charge in [-0.05, 0) is 40.8 Å². The summed E-state index contributed by atoms with van der Waals surface area (Å²) in [6, 6.07) is 5.40. The second-order valence-electron chi connectivity index (χ2n) is 2.36. The third kappa shape index (κ3) is 1.36. The molecule has 1 aromatic carbocycles. The molecule has 62 valence electrons. The molecule has 1 heterocycles. The van der Waals surface area contributed by atoms with Gasteiger partial charge in [-0.3, -0.25) is 0 Å². The zero-order valence-electron chi connectivity index (χ0n) is 5.84. The minimum absolute atomic E-state index is 0.151. The molecule has 0 unspecified atom stereocenters. The average Bonchev–Trinajstić information content (AvgIpc) is 2.39. The van der Waals surface area contributed by atoms with E-state index in [4.69, 9.17) is 0 Å². The van der Waals surface area contributed by atoms with Gasteiger partial charge in [0, 0.05) is 18.6 Å². The molecular weight excluding hydrogens is 306 g/mol. The summed E-state index contributed by atoms with van der Waals surface area (Å²) < 4.78 is 14.8. The van der Waals surface area contributed by atoms with E-state index in [9.17, 15) is 4.39 Å². The second kappa shape index (κ2) is 3.16. The Bertz CT molecular complexity index is 436. The number of thiol groups is 1. The first kappa shape index (κ1) is 8.77. The van der Waals surface area contributed by atoms with Crippen molar-refractivity contribution < 1.29 is 4.39 Å². The molecule has 0 bridgehead atoms. The first-order chi connectivity index (χ1) is 5.68. The van der Waals surface area contributed by atoms with Crippen LogP contribution >= 0.6 is 46.6 Å². The summed E-state index contributed by atoms with van der Waals surface area (Å²) in [7, 11) is 0. The number of halogens is 2. The van der Waals surface area contributed by atoms with Crippen LogP contribution in [0, 0.1) is 8.70 Å². The minimum atomic E-state index is -0.151. The van der Waals surface area contributed by atoms with Crippen molar-refractivity contribution in [3.8, 4) is 0 Å². The van der Waals surface area contributed by atoms with E-state index in [0.717, 1.165) is 29.9 Å². The normalized spacial score (nSPS) is 10.9. The Kier molecular flexibility index (Phi) is 2.31. The van der Waals surface area contributed by atoms with Gasteiger partial charge in [0.15, 0.2) is 5.13 Å². The van der Waals surface area contributed by atoms with Crippen LogP contribution in [0.15, 0.2) is 23.1 Å². The molecule has 0 saturated heterocycles. The van der Waals surface area contributed by atoms with E-state index in [-0.39, 0.29) is 5.13 Å². The zero-order valence-corrected chi connectivity index (χ0v) is 9.71. The Balaban J connectivity index is 2.89. The van der Waals surface area contributed by atoms with Gasteiger partial charge in [-0.15, -0.1) is 24.0 Å². The highest BCUT2D eigenvalue weighted by molar-refractivity contribution is 14.1. The lowest BCUT2D eigenvalue weighted by Crippen LogP contribution is -1.73. The van der Waals surface area contributed by atoms with Gasteiger partial charge in [-0.2, -0.15) is 4.39 Å². The van der Waals surface area contributed by atoms with Crippen LogP contribution < -0.4 is 0 Å². The van der Waals surface area contributed by atoms with E-state index in [1.807, 2.05) is 12.1 Å². The topological polar surface area (TPSA) is 0 Å². The molecule has 0 radical (unpaired) electrons. The molecule has 4 heteroatoms. The number of hydrogen-bond donors (Lipinski definition) is 1. The molecule has 2 aromatic rings. The van der Waals surface area contributed by atoms with Gasteiger partial charge in [0.1, 0.15) is 0 Å². The van der Waals surface area contributed by atoms with Gasteiger partial charge in [-0.25, -0.2) is 0 Å². The van der Waals surface area contributed by atoms with E-state index in [1.54, 1.807) is 0 Å². The van der Waals surface area contributed by atoms with Gasteiger partial charge in [-0.1, -0.05) is 0 Å². The molecule has 1 aromatic heterocycles. The van der Waals surface area contributed by atoms with Crippen LogP contribution in [0.1, 0.15) is 0 Å². The third-order valence-electron chi connectivity index (χ3n) is 1.59. The molecule has 2 rings (SSSR count). The highest BCUT2D eigenvalue weighted by atomic mass is 127. The Hall–Kier alpha value is 0.190. The first-order valence-electron chi connectivity index (χ1n) is 3.25. The number of hydrogen-bond acceptors (Lipinski definition) is 2. The molecule has 0 nitrogen and oxygen atoms in total. The summed E-state index contributed by atoms with van der Waals surface area (Å²) in [6.07, 6.45) is 0. The molecule has 0 aliphatic carbocycles. The maximum absolute atomic E-state index is 12.8. The molecular formula is C8H4FIS2. The predicted octanol–water partition coefficient (Wildman–Crippen LogP) is 3.93. The van der Waals surface area contributed by atoms with Crippen LogP contribution in [0.25, 0.3) is 10.1 Å². The van der Waals surface area contributed by atoms with E-state index in [1.165, 1.54) is 6.07 Å². The lowest BCUT2D eigenvalue weighted by molar-refractivity contribution is 0.658. The van der Waals surface area contributed by atoms with Crippen LogP contribution in [-0.2, 0) is 0 Å². The summed E-state index contributed by atoms with van der Waals surface area (Å²) in [5, 5.41) is 0.759. The second-order valence-corrected chi connectivity index (χ2v) is 5.00. The SMILES string of the molecule is Fc1cc2c(S)c(I)ccc2s1. The zero-order chi connectivity index (χ0) is 8.72. The van der Waals surface area contributed by atoms with Crippen molar-refractivity contribution in [1.82, 2.24) is 0 Å². The van der Waals surface area contributed by atoms with Crippen LogP contribution in [0.2, 0.25) is 0 Å². The fourth-order valence-corrected chi connectivity index (χ4v) is 2.64. The van der Waals surface area contributed by atoms with E-state index < -0.39 is 0 Å². The summed E-state index contributed by atoms with van der Waals surface area (Å²) in [5.41, 5.74) is 0. The Morgan fingerprint density at radius 3 is 2.92 bits per heavy atom. The van der Waals surface area contributed by atoms with Crippen molar-refractivity contribution in [3.63, 3.8) is 0 Å². The van der Waals surface area contributed by atoms with Crippen LogP contribution in [0.4, 0.5) is 4.39 Å². The number of benzene rings is 1. The average molecular weight is 310 g/mol. The van der Waals surface area contributed by atoms with E-state index in [0.29, 0.717) is 0 Å². The van der Waals surface area contributed by atoms with Crippen molar-refractivity contribution in [1.29, 1.82) is 0 Å². The van der Waals surface area contributed by atoms with Gasteiger partial charge in [0.2, 0.25) is 0 Å². The van der Waals surface area contributed by atoms with Gasteiger partial charge >= 0.3 is 0 Å². The fourth-order valence-electron chi connectivity index (χ4n) is 1.04. The van der Waals surface area contributed by atoms with Gasteiger partial charge in [0.25, 0.3) is 0 Å². The molecule has 0 amide bonds. The van der Waals surface area contributed by atoms with Crippen LogP contribution in [0.3, 0.4) is 0 Å². The monoisotopic (exact) mass is 310 g/mol. The maximum atomic E-state index is 12.8. The van der Waals surface area contributed by atoms with E-state index >= 15 is 0 Å². The number of fused-ring (bicyclic) bond motifs is 1. The molecule has 0 saturated carbocycles. The molecule has 0 aliphatic rings. The summed E-state index contributed by atoms with van der Waals surface area (Å²) in [5.74, 6) is 0. The molecule has 12 heavy (non-hydrogen) atoms. The standard InChI is InChI=1S/C8H4FIS2/c9-7-3-4-6(12-7)2-1-5(10)8(4)11/h1-3,11H. The van der Waals surface area contributed by atoms with Crippen molar-refractivity contribution >= 4 is 56.6 Å². The molecule has 0 N–H and O–H groups in total. The minimum Gasteiger partial charge on any atom is -0.195 e. The lowest BCUT2D eigenvalue weighted by atomic mass is 10.3. The van der Waals surface area contributed by atoms with Crippen LogP contribution in [-0.4, -0.2) is 0 Å². The summed E-state index contributed by atoms with van der Waals surface area (Å²) in [4.78, 5) is 0.869. The highest BCUT2D eigenvalue weighted by Gasteiger charge is 2.05. The van der Waals surface area contributed by atoms with Crippen molar-refractivity contribution in [2.75, 3.05) is 0 Å². The predicted molar refractivity (Wildman–Crippen MR) is 61.8 cm³/mol. The maximum Gasteiger partial charge on any atom is 0.177 e. The number of thiophene rings is 1. The third-order valence-corrected chi connectivity index (χ3v) is 4.29. The van der Waals surface area contributed by atoms with E-state index in [2.05, 4.69) is 35.2 Å². The van der Waals surface area contributed by atoms with Crippen molar-refractivity contribution in [2.24, 2.45) is 0 Å². The Morgan fingerprint density at radius 1 is 1.42 bits per heavy atom. The molecule has 0 atom stereocenters. The summed E-state index contributed by atoms with van der Waals surface area (Å²) >= 11 is 7.65. The Labute approximate surface area is 92.3 Å². The van der Waals surface area contributed by atoms with Crippen molar-refractivity contribution in [3.05, 3.63) is 26.9 Å². The fraction of sp³-hybridized carbons (Fsp3) is 0. The summed E-state index contributed by atoms with van der Waals surface area (Å²) in [6.45, 7) is 0. The smallest absolute Gasteiger partial charge is 0.177 e. The lowest BCUT2D eigenvalue weighted by Gasteiger charge is -1.96. The Morgan fingerprint density at radius 2 is 2.17 bits per heavy atom. The first-order valence-corrected chi connectivity index (χ1v) is 5.59. The molecule has 0 aliphatic heterocycles. The largest absolute Gasteiger partial charge is 0.195 e. The van der Waals surface area contributed by atoms with Gasteiger partial charge in [0.05, 0.1) is 0 Å². The van der Waals surface area contributed by atoms with Crippen molar-refractivity contribution in [2.45, 2.75) is 4.90 Å². The molecule has 0 fully saturated rings. The van der Waals surface area contributed by atoms with Crippen LogP contribution in [0.5, 0.6) is 0 Å². The highest BCUT2D eigenvalue weighted by Crippen LogP contribution is 2.32. The quantitative estimate of drug-likeness (QED) is 0.553. The van der Waals surface area contributed by atoms with Gasteiger partial charge < -0.3 is 0 Å². The molecule has 0 spiro atoms. The number of rotatable bonds is 0.